The molecule has 1 N–H and O–H groups in total. The molecule has 6 nitrogen and oxygen atoms in total. The fourth-order valence-corrected chi connectivity index (χ4v) is 2.47. The fourth-order valence-electron chi connectivity index (χ4n) is 2.47. The fraction of sp³-hybridized carbons (Fsp3) is 0.529. The number of esters is 2. The van der Waals surface area contributed by atoms with Gasteiger partial charge in [0.1, 0.15) is 0 Å². The molecule has 2 rings (SSSR count). The second-order valence-corrected chi connectivity index (χ2v) is 5.27. The molecule has 1 aromatic rings. The summed E-state index contributed by atoms with van der Waals surface area (Å²) in [4.78, 5) is 23.3. The van der Waals surface area contributed by atoms with Crippen LogP contribution >= 0.6 is 0 Å². The van der Waals surface area contributed by atoms with E-state index in [9.17, 15) is 9.59 Å². The number of benzene rings is 1. The standard InChI is InChI=1S/C17H23NO5/c1-3-21-16(19)9-14-10-18-15(11-23-14)12-6-5-7-13(8-12)17(20)22-4-2/h5-8,14-15,18H,3-4,9-11H2,1-2H3/t14-,15?/m0/s1. The van der Waals surface area contributed by atoms with Gasteiger partial charge in [-0.05, 0) is 31.5 Å². The minimum atomic E-state index is -0.328. The Labute approximate surface area is 136 Å². The SMILES string of the molecule is CCOC(=O)C[C@H]1CNC(c2cccc(C(=O)OCC)c2)CO1. The average Bonchev–Trinajstić information content (AvgIpc) is 2.56. The van der Waals surface area contributed by atoms with Crippen LogP contribution in [0.15, 0.2) is 24.3 Å². The Morgan fingerprint density at radius 3 is 2.70 bits per heavy atom. The van der Waals surface area contributed by atoms with Crippen molar-refractivity contribution in [2.45, 2.75) is 32.4 Å². The van der Waals surface area contributed by atoms with Gasteiger partial charge < -0.3 is 19.5 Å². The number of carbonyl (C=O) groups excluding carboxylic acids is 2. The molecule has 1 fully saturated rings. The van der Waals surface area contributed by atoms with Crippen molar-refractivity contribution in [3.63, 3.8) is 0 Å². The maximum Gasteiger partial charge on any atom is 0.338 e. The molecule has 2 atom stereocenters. The van der Waals surface area contributed by atoms with Gasteiger partial charge in [0.2, 0.25) is 0 Å². The Morgan fingerprint density at radius 1 is 1.26 bits per heavy atom. The summed E-state index contributed by atoms with van der Waals surface area (Å²) in [5.41, 5.74) is 1.49. The Hall–Kier alpha value is -1.92. The molecule has 1 aliphatic rings. The van der Waals surface area contributed by atoms with E-state index in [2.05, 4.69) is 5.32 Å². The average molecular weight is 321 g/mol. The first-order valence-electron chi connectivity index (χ1n) is 7.91. The Bertz CT molecular complexity index is 538. The lowest BCUT2D eigenvalue weighted by molar-refractivity contribution is -0.147. The van der Waals surface area contributed by atoms with E-state index in [-0.39, 0.29) is 30.5 Å². The van der Waals surface area contributed by atoms with Gasteiger partial charge in [-0.1, -0.05) is 12.1 Å². The molecule has 0 radical (unpaired) electrons. The Balaban J connectivity index is 1.91. The molecule has 1 unspecified atom stereocenters. The minimum absolute atomic E-state index is 0.0113. The van der Waals surface area contributed by atoms with Gasteiger partial charge in [0.25, 0.3) is 0 Å². The molecule has 23 heavy (non-hydrogen) atoms. The number of rotatable bonds is 6. The van der Waals surface area contributed by atoms with Crippen molar-refractivity contribution in [1.82, 2.24) is 5.32 Å². The zero-order valence-electron chi connectivity index (χ0n) is 13.5. The van der Waals surface area contributed by atoms with Crippen molar-refractivity contribution in [2.75, 3.05) is 26.4 Å². The van der Waals surface area contributed by atoms with E-state index in [1.165, 1.54) is 0 Å². The first kappa shape index (κ1) is 17.4. The van der Waals surface area contributed by atoms with Gasteiger partial charge in [0, 0.05) is 6.54 Å². The molecule has 0 amide bonds. The molecule has 0 aliphatic carbocycles. The van der Waals surface area contributed by atoms with Crippen LogP contribution in [0.3, 0.4) is 0 Å². The van der Waals surface area contributed by atoms with Crippen LogP contribution < -0.4 is 5.32 Å². The monoisotopic (exact) mass is 321 g/mol. The third-order valence-electron chi connectivity index (χ3n) is 3.59. The van der Waals surface area contributed by atoms with Crippen LogP contribution in [0.5, 0.6) is 0 Å². The van der Waals surface area contributed by atoms with Crippen LogP contribution in [-0.2, 0) is 19.0 Å². The molecule has 0 spiro atoms. The second-order valence-electron chi connectivity index (χ2n) is 5.27. The number of carbonyl (C=O) groups is 2. The lowest BCUT2D eigenvalue weighted by atomic mass is 10.0. The topological polar surface area (TPSA) is 73.9 Å². The number of hydrogen-bond acceptors (Lipinski definition) is 6. The van der Waals surface area contributed by atoms with E-state index in [0.717, 1.165) is 5.56 Å². The summed E-state index contributed by atoms with van der Waals surface area (Å²) in [6.45, 7) is 5.29. The zero-order chi connectivity index (χ0) is 16.7. The van der Waals surface area contributed by atoms with Crippen LogP contribution in [0, 0.1) is 0 Å². The minimum Gasteiger partial charge on any atom is -0.466 e. The lowest BCUT2D eigenvalue weighted by Gasteiger charge is -2.30. The molecule has 1 heterocycles. The molecular weight excluding hydrogens is 298 g/mol. The zero-order valence-corrected chi connectivity index (χ0v) is 13.5. The summed E-state index contributed by atoms with van der Waals surface area (Å²) in [6, 6.07) is 7.30. The Kier molecular flexibility index (Phi) is 6.55. The number of nitrogens with one attached hydrogen (secondary N) is 1. The van der Waals surface area contributed by atoms with Crippen molar-refractivity contribution < 1.29 is 23.8 Å². The number of morpholine rings is 1. The van der Waals surface area contributed by atoms with E-state index in [4.69, 9.17) is 14.2 Å². The summed E-state index contributed by atoms with van der Waals surface area (Å²) >= 11 is 0. The summed E-state index contributed by atoms with van der Waals surface area (Å²) in [7, 11) is 0. The molecule has 0 aromatic heterocycles. The summed E-state index contributed by atoms with van der Waals surface area (Å²) in [6.07, 6.45) is 0.0645. The van der Waals surface area contributed by atoms with Gasteiger partial charge in [-0.15, -0.1) is 0 Å². The molecule has 1 aromatic carbocycles. The predicted octanol–water partition coefficient (Wildman–Crippen LogP) is 1.85. The maximum absolute atomic E-state index is 11.8. The quantitative estimate of drug-likeness (QED) is 0.806. The summed E-state index contributed by atoms with van der Waals surface area (Å²) < 4.78 is 15.7. The van der Waals surface area contributed by atoms with Crippen molar-refractivity contribution in [3.05, 3.63) is 35.4 Å². The summed E-state index contributed by atoms with van der Waals surface area (Å²) in [5.74, 6) is -0.576. The van der Waals surface area contributed by atoms with Gasteiger partial charge in [0.05, 0.1) is 44.0 Å². The van der Waals surface area contributed by atoms with Crippen LogP contribution in [0.2, 0.25) is 0 Å². The van der Waals surface area contributed by atoms with Gasteiger partial charge in [0.15, 0.2) is 0 Å². The van der Waals surface area contributed by atoms with Crippen molar-refractivity contribution in [1.29, 1.82) is 0 Å². The normalized spacial score (nSPS) is 20.8. The van der Waals surface area contributed by atoms with E-state index in [1.807, 2.05) is 18.2 Å². The van der Waals surface area contributed by atoms with Crippen molar-refractivity contribution in [2.24, 2.45) is 0 Å². The molecule has 1 aliphatic heterocycles. The molecule has 0 bridgehead atoms. The molecule has 1 saturated heterocycles. The van der Waals surface area contributed by atoms with Gasteiger partial charge >= 0.3 is 11.9 Å². The van der Waals surface area contributed by atoms with E-state index in [1.54, 1.807) is 19.9 Å². The third-order valence-corrected chi connectivity index (χ3v) is 3.59. The predicted molar refractivity (Wildman–Crippen MR) is 84.1 cm³/mol. The van der Waals surface area contributed by atoms with Crippen LogP contribution in [0.25, 0.3) is 0 Å². The van der Waals surface area contributed by atoms with Crippen molar-refractivity contribution in [3.8, 4) is 0 Å². The van der Waals surface area contributed by atoms with Crippen molar-refractivity contribution >= 4 is 11.9 Å². The van der Waals surface area contributed by atoms with Crippen LogP contribution in [-0.4, -0.2) is 44.4 Å². The van der Waals surface area contributed by atoms with E-state index >= 15 is 0 Å². The first-order valence-corrected chi connectivity index (χ1v) is 7.91. The van der Waals surface area contributed by atoms with E-state index < -0.39 is 0 Å². The highest BCUT2D eigenvalue weighted by molar-refractivity contribution is 5.89. The number of ether oxygens (including phenoxy) is 3. The lowest BCUT2D eigenvalue weighted by Crippen LogP contribution is -2.42. The largest absolute Gasteiger partial charge is 0.466 e. The highest BCUT2D eigenvalue weighted by atomic mass is 16.5. The molecule has 6 heteroatoms. The first-order chi connectivity index (χ1) is 11.1. The molecule has 126 valence electrons. The third kappa shape index (κ3) is 5.04. The highest BCUT2D eigenvalue weighted by Gasteiger charge is 2.25. The molecular formula is C17H23NO5. The van der Waals surface area contributed by atoms with Gasteiger partial charge in [-0.2, -0.15) is 0 Å². The Morgan fingerprint density at radius 2 is 2.04 bits per heavy atom. The van der Waals surface area contributed by atoms with Gasteiger partial charge in [-0.3, -0.25) is 4.79 Å². The van der Waals surface area contributed by atoms with Crippen LogP contribution in [0.1, 0.15) is 42.2 Å². The maximum atomic E-state index is 11.8. The summed E-state index contributed by atoms with van der Waals surface area (Å²) in [5, 5.41) is 3.35. The van der Waals surface area contributed by atoms with Crippen LogP contribution in [0.4, 0.5) is 0 Å². The van der Waals surface area contributed by atoms with E-state index in [0.29, 0.717) is 31.9 Å². The smallest absolute Gasteiger partial charge is 0.338 e. The molecule has 0 saturated carbocycles. The van der Waals surface area contributed by atoms with Gasteiger partial charge in [-0.25, -0.2) is 4.79 Å². The number of hydrogen-bond donors (Lipinski definition) is 1. The second kappa shape index (κ2) is 8.64. The highest BCUT2D eigenvalue weighted by Crippen LogP contribution is 2.20.